The van der Waals surface area contributed by atoms with Crippen LogP contribution in [0.3, 0.4) is 0 Å². The second-order valence-corrected chi connectivity index (χ2v) is 7.60. The van der Waals surface area contributed by atoms with Crippen LogP contribution in [0, 0.1) is 0 Å². The predicted molar refractivity (Wildman–Crippen MR) is 124 cm³/mol. The van der Waals surface area contributed by atoms with Gasteiger partial charge in [0.15, 0.2) is 0 Å². The van der Waals surface area contributed by atoms with E-state index in [1.54, 1.807) is 12.1 Å². The predicted octanol–water partition coefficient (Wildman–Crippen LogP) is 4.10. The van der Waals surface area contributed by atoms with Crippen molar-refractivity contribution in [3.63, 3.8) is 0 Å². The van der Waals surface area contributed by atoms with Gasteiger partial charge in [-0.2, -0.15) is 0 Å². The quantitative estimate of drug-likeness (QED) is 0.370. The molecule has 0 saturated carbocycles. The molecule has 7 heteroatoms. The van der Waals surface area contributed by atoms with Crippen molar-refractivity contribution in [2.45, 2.75) is 12.8 Å². The molecule has 0 fully saturated rings. The zero-order chi connectivity index (χ0) is 24.5. The van der Waals surface area contributed by atoms with E-state index in [9.17, 15) is 19.8 Å². The Balaban J connectivity index is 0.000000240. The number of hydrogen-bond donors (Lipinski definition) is 2. The van der Waals surface area contributed by atoms with Gasteiger partial charge in [0.1, 0.15) is 0 Å². The van der Waals surface area contributed by atoms with E-state index in [0.29, 0.717) is 12.8 Å². The zero-order valence-electron chi connectivity index (χ0n) is 18.9. The van der Waals surface area contributed by atoms with Gasteiger partial charge in [0.05, 0.1) is 11.1 Å². The molecule has 2 N–H and O–H groups in total. The van der Waals surface area contributed by atoms with Gasteiger partial charge in [0.2, 0.25) is 0 Å². The molecule has 0 aromatic heterocycles. The number of rotatable bonds is 6. The first kappa shape index (κ1) is 27.3. The van der Waals surface area contributed by atoms with E-state index < -0.39 is 23.4 Å². The van der Waals surface area contributed by atoms with Crippen LogP contribution in [-0.4, -0.2) is 22.2 Å². The summed E-state index contributed by atoms with van der Waals surface area (Å²) in [6.07, 6.45) is 1.25. The van der Waals surface area contributed by atoms with Crippen LogP contribution in [-0.2, 0) is 32.3 Å². The van der Waals surface area contributed by atoms with Crippen LogP contribution in [0.5, 0.6) is 11.5 Å². The summed E-state index contributed by atoms with van der Waals surface area (Å²) < 4.78 is 0. The van der Waals surface area contributed by atoms with Crippen molar-refractivity contribution in [3.8, 4) is 11.5 Å². The molecule has 6 nitrogen and oxygen atoms in total. The largest absolute Gasteiger partial charge is 2.00 e. The molecule has 0 spiro atoms. The van der Waals surface area contributed by atoms with Crippen LogP contribution in [0.15, 0.2) is 97.1 Å². The molecule has 0 aliphatic carbocycles. The molecule has 0 amide bonds. The summed E-state index contributed by atoms with van der Waals surface area (Å²) in [7, 11) is 0. The number of benzene rings is 4. The Morgan fingerprint density at radius 1 is 0.543 bits per heavy atom. The van der Waals surface area contributed by atoms with E-state index in [4.69, 9.17) is 10.2 Å². The molecule has 0 atom stereocenters. The van der Waals surface area contributed by atoms with Gasteiger partial charge in [-0.3, -0.25) is 0 Å². The van der Waals surface area contributed by atoms with Crippen LogP contribution in [0.25, 0.3) is 0 Å². The topological polar surface area (TPSA) is 121 Å². The minimum absolute atomic E-state index is 0. The summed E-state index contributed by atoms with van der Waals surface area (Å²) in [5, 5.41) is 40.3. The van der Waals surface area contributed by atoms with E-state index in [1.165, 1.54) is 24.3 Å². The van der Waals surface area contributed by atoms with Gasteiger partial charge in [-0.1, -0.05) is 96.4 Å². The molecule has 0 aliphatic heterocycles. The standard InChI is InChI=1S/2C14H12O3.Zn/c2*15-13-7-6-11(9-12(13)14(16)17)8-10-4-2-1-3-5-10;/h2*1-7,9,15H,8H2,(H,16,17);/q;;+2/p-2. The molecule has 0 bridgehead atoms. The molecule has 172 valence electrons. The van der Waals surface area contributed by atoms with E-state index in [2.05, 4.69) is 0 Å². The minimum Gasteiger partial charge on any atom is -0.872 e. The van der Waals surface area contributed by atoms with Gasteiger partial charge in [0.25, 0.3) is 0 Å². The molecule has 0 saturated heterocycles. The summed E-state index contributed by atoms with van der Waals surface area (Å²) in [5.74, 6) is -3.25. The van der Waals surface area contributed by atoms with Crippen LogP contribution >= 0.6 is 0 Å². The fraction of sp³-hybridized carbons (Fsp3) is 0.0714. The third-order valence-electron chi connectivity index (χ3n) is 5.05. The Bertz CT molecular complexity index is 1170. The Morgan fingerprint density at radius 2 is 0.886 bits per heavy atom. The second-order valence-electron chi connectivity index (χ2n) is 7.60. The fourth-order valence-electron chi connectivity index (χ4n) is 3.37. The Hall–Kier alpha value is -3.96. The Morgan fingerprint density at radius 3 is 1.20 bits per heavy atom. The average molecular weight is 520 g/mol. The first-order valence-electron chi connectivity index (χ1n) is 10.5. The van der Waals surface area contributed by atoms with Gasteiger partial charge in [-0.15, -0.1) is 0 Å². The Labute approximate surface area is 215 Å². The molecule has 0 aliphatic rings. The van der Waals surface area contributed by atoms with Crippen LogP contribution < -0.4 is 10.2 Å². The molecule has 0 unspecified atom stereocenters. The third kappa shape index (κ3) is 8.09. The number of hydrogen-bond acceptors (Lipinski definition) is 4. The third-order valence-corrected chi connectivity index (χ3v) is 5.05. The van der Waals surface area contributed by atoms with Crippen molar-refractivity contribution in [1.29, 1.82) is 0 Å². The summed E-state index contributed by atoms with van der Waals surface area (Å²) in [5.41, 5.74) is 3.49. The normalized spacial score (nSPS) is 9.83. The smallest absolute Gasteiger partial charge is 0.872 e. The number of aromatic carboxylic acids is 2. The zero-order valence-corrected chi connectivity index (χ0v) is 21.9. The van der Waals surface area contributed by atoms with Crippen LogP contribution in [0.2, 0.25) is 0 Å². The van der Waals surface area contributed by atoms with Gasteiger partial charge >= 0.3 is 31.4 Å². The van der Waals surface area contributed by atoms with Crippen molar-refractivity contribution in [2.75, 3.05) is 0 Å². The SMILES string of the molecule is O=C(O)c1cc(Cc2ccccc2)ccc1[O-].O=C(O)c1cc(Cc2ccccc2)ccc1[O-].[Zn+2]. The maximum absolute atomic E-state index is 11.3. The molecule has 0 radical (unpaired) electrons. The number of carboxylic acid groups (broad SMARTS) is 2. The second kappa shape index (κ2) is 13.1. The summed E-state index contributed by atoms with van der Waals surface area (Å²) in [6, 6.07) is 28.2. The molecular formula is C28H22O6Zn. The van der Waals surface area contributed by atoms with Crippen molar-refractivity contribution in [3.05, 3.63) is 130 Å². The van der Waals surface area contributed by atoms with E-state index >= 15 is 0 Å². The van der Waals surface area contributed by atoms with Gasteiger partial charge < -0.3 is 20.4 Å². The first-order chi connectivity index (χ1) is 16.3. The minimum atomic E-state index is -1.18. The summed E-state index contributed by atoms with van der Waals surface area (Å²) in [6.45, 7) is 0. The average Bonchev–Trinajstić information content (AvgIpc) is 2.83. The monoisotopic (exact) mass is 518 g/mol. The Kier molecular flexibility index (Phi) is 10.2. The van der Waals surface area contributed by atoms with E-state index in [0.717, 1.165) is 22.3 Å². The maximum Gasteiger partial charge on any atom is 2.00 e. The van der Waals surface area contributed by atoms with Crippen LogP contribution in [0.4, 0.5) is 0 Å². The van der Waals surface area contributed by atoms with Crippen LogP contribution in [0.1, 0.15) is 43.0 Å². The van der Waals surface area contributed by atoms with Crippen molar-refractivity contribution < 1.29 is 49.5 Å². The van der Waals surface area contributed by atoms with E-state index in [-0.39, 0.29) is 30.6 Å². The molecule has 4 aromatic carbocycles. The summed E-state index contributed by atoms with van der Waals surface area (Å²) >= 11 is 0. The van der Waals surface area contributed by atoms with Crippen molar-refractivity contribution in [2.24, 2.45) is 0 Å². The van der Waals surface area contributed by atoms with Gasteiger partial charge in [-0.05, 0) is 47.2 Å². The maximum atomic E-state index is 11.3. The fourth-order valence-corrected chi connectivity index (χ4v) is 3.37. The number of carboxylic acids is 2. The van der Waals surface area contributed by atoms with E-state index in [1.807, 2.05) is 60.7 Å². The van der Waals surface area contributed by atoms with Crippen molar-refractivity contribution in [1.82, 2.24) is 0 Å². The van der Waals surface area contributed by atoms with Gasteiger partial charge in [0, 0.05) is 0 Å². The first-order valence-corrected chi connectivity index (χ1v) is 10.5. The van der Waals surface area contributed by atoms with Gasteiger partial charge in [-0.25, -0.2) is 9.59 Å². The molecular weight excluding hydrogens is 498 g/mol. The molecule has 35 heavy (non-hydrogen) atoms. The molecule has 0 heterocycles. The summed E-state index contributed by atoms with van der Waals surface area (Å²) in [4.78, 5) is 21.7. The molecule has 4 rings (SSSR count). The number of carbonyl (C=O) groups is 2. The van der Waals surface area contributed by atoms with Crippen molar-refractivity contribution >= 4 is 11.9 Å². The molecule has 4 aromatic rings.